The van der Waals surface area contributed by atoms with Crippen molar-refractivity contribution in [2.75, 3.05) is 5.73 Å². The molecule has 0 saturated heterocycles. The topological polar surface area (TPSA) is 43.8 Å². The lowest BCUT2D eigenvalue weighted by Crippen LogP contribution is -2.02. The lowest BCUT2D eigenvalue weighted by atomic mass is 10.2. The minimum absolute atomic E-state index is 0.369. The molecule has 2 N–H and O–H groups in total. The second-order valence-corrected chi connectivity index (χ2v) is 3.90. The van der Waals surface area contributed by atoms with Crippen LogP contribution in [0.1, 0.15) is 25.6 Å². The smallest absolute Gasteiger partial charge is 0.0708 e. The fourth-order valence-electron chi connectivity index (χ4n) is 1.71. The predicted molar refractivity (Wildman–Crippen MR) is 59.3 cm³/mol. The number of rotatable bonds is 1. The Balaban J connectivity index is 2.79. The van der Waals surface area contributed by atoms with Crippen LogP contribution in [0.25, 0.3) is 10.9 Å². The molecule has 0 aliphatic rings. The number of benzene rings is 1. The first-order valence-electron chi connectivity index (χ1n) is 4.84. The van der Waals surface area contributed by atoms with E-state index in [-0.39, 0.29) is 0 Å². The second-order valence-electron chi connectivity index (χ2n) is 3.90. The van der Waals surface area contributed by atoms with Crippen LogP contribution in [0.3, 0.4) is 0 Å². The molecule has 3 heteroatoms. The Kier molecular flexibility index (Phi) is 1.95. The zero-order valence-corrected chi connectivity index (χ0v) is 8.78. The maximum Gasteiger partial charge on any atom is 0.0708 e. The first-order chi connectivity index (χ1) is 6.59. The van der Waals surface area contributed by atoms with E-state index in [0.29, 0.717) is 6.04 Å². The van der Waals surface area contributed by atoms with Crippen molar-refractivity contribution >= 4 is 16.6 Å². The molecule has 14 heavy (non-hydrogen) atoms. The molecule has 2 rings (SSSR count). The molecule has 0 aliphatic carbocycles. The predicted octanol–water partition coefficient (Wildman–Crippen LogP) is 2.51. The summed E-state index contributed by atoms with van der Waals surface area (Å²) in [5.41, 5.74) is 8.74. The van der Waals surface area contributed by atoms with Crippen LogP contribution in [0.5, 0.6) is 0 Å². The van der Waals surface area contributed by atoms with E-state index in [1.165, 1.54) is 5.39 Å². The summed E-state index contributed by atoms with van der Waals surface area (Å²) in [7, 11) is 0. The van der Waals surface area contributed by atoms with Crippen LogP contribution < -0.4 is 5.73 Å². The normalized spacial score (nSPS) is 11.4. The van der Waals surface area contributed by atoms with Crippen molar-refractivity contribution < 1.29 is 0 Å². The summed E-state index contributed by atoms with van der Waals surface area (Å²) in [6.45, 7) is 6.27. The van der Waals surface area contributed by atoms with Crippen molar-refractivity contribution in [3.63, 3.8) is 0 Å². The average molecular weight is 189 g/mol. The van der Waals surface area contributed by atoms with E-state index in [2.05, 4.69) is 18.9 Å². The van der Waals surface area contributed by atoms with Gasteiger partial charge < -0.3 is 5.73 Å². The molecule has 1 heterocycles. The fraction of sp³-hybridized carbons (Fsp3) is 0.364. The van der Waals surface area contributed by atoms with Gasteiger partial charge in [0, 0.05) is 17.1 Å². The molecule has 0 atom stereocenters. The Morgan fingerprint density at radius 2 is 2.07 bits per heavy atom. The van der Waals surface area contributed by atoms with Crippen molar-refractivity contribution in [2.24, 2.45) is 0 Å². The van der Waals surface area contributed by atoms with Gasteiger partial charge >= 0.3 is 0 Å². The molecule has 0 fully saturated rings. The number of nitrogens with zero attached hydrogens (tertiary/aromatic N) is 2. The standard InChI is InChI=1S/C11H15N3/c1-7(2)14-11-6-9(12)4-5-10(11)8(3)13-14/h4-7H,12H2,1-3H3. The highest BCUT2D eigenvalue weighted by atomic mass is 15.3. The van der Waals surface area contributed by atoms with E-state index in [0.717, 1.165) is 16.9 Å². The first-order valence-corrected chi connectivity index (χ1v) is 4.84. The number of hydrogen-bond donors (Lipinski definition) is 1. The molecule has 1 aromatic carbocycles. The number of aromatic nitrogens is 2. The number of nitrogen functional groups attached to an aromatic ring is 1. The van der Waals surface area contributed by atoms with Gasteiger partial charge in [-0.1, -0.05) is 0 Å². The SMILES string of the molecule is Cc1nn(C(C)C)c2cc(N)ccc12. The summed E-state index contributed by atoms with van der Waals surface area (Å²) in [5.74, 6) is 0. The number of anilines is 1. The highest BCUT2D eigenvalue weighted by Gasteiger charge is 2.09. The van der Waals surface area contributed by atoms with Crippen LogP contribution in [-0.4, -0.2) is 9.78 Å². The molecule has 1 aromatic heterocycles. The molecule has 0 radical (unpaired) electrons. The quantitative estimate of drug-likeness (QED) is 0.700. The van der Waals surface area contributed by atoms with Gasteiger partial charge in [0.05, 0.1) is 11.2 Å². The number of nitrogens with two attached hydrogens (primary N) is 1. The molecule has 0 saturated carbocycles. The minimum atomic E-state index is 0.369. The summed E-state index contributed by atoms with van der Waals surface area (Å²) in [6, 6.07) is 6.30. The molecule has 3 nitrogen and oxygen atoms in total. The number of aryl methyl sites for hydroxylation is 1. The van der Waals surface area contributed by atoms with Crippen LogP contribution in [0, 0.1) is 6.92 Å². The molecular weight excluding hydrogens is 174 g/mol. The van der Waals surface area contributed by atoms with Gasteiger partial charge in [0.25, 0.3) is 0 Å². The Hall–Kier alpha value is -1.51. The Morgan fingerprint density at radius 1 is 1.36 bits per heavy atom. The molecule has 0 spiro atoms. The van der Waals surface area contributed by atoms with Crippen LogP contribution >= 0.6 is 0 Å². The molecule has 0 bridgehead atoms. The van der Waals surface area contributed by atoms with Gasteiger partial charge in [0.2, 0.25) is 0 Å². The molecule has 2 aromatic rings. The average Bonchev–Trinajstić information content (AvgIpc) is 2.43. The zero-order chi connectivity index (χ0) is 10.3. The van der Waals surface area contributed by atoms with E-state index in [4.69, 9.17) is 5.73 Å². The van der Waals surface area contributed by atoms with Crippen LogP contribution in [-0.2, 0) is 0 Å². The molecule has 74 valence electrons. The number of fused-ring (bicyclic) bond motifs is 1. The summed E-state index contributed by atoms with van der Waals surface area (Å²) in [4.78, 5) is 0. The van der Waals surface area contributed by atoms with Gasteiger partial charge in [-0.2, -0.15) is 5.10 Å². The van der Waals surface area contributed by atoms with E-state index in [1.807, 2.05) is 29.8 Å². The van der Waals surface area contributed by atoms with Crippen molar-refractivity contribution in [3.05, 3.63) is 23.9 Å². The monoisotopic (exact) mass is 189 g/mol. The third-order valence-electron chi connectivity index (χ3n) is 2.41. The van der Waals surface area contributed by atoms with Gasteiger partial charge in [-0.15, -0.1) is 0 Å². The fourth-order valence-corrected chi connectivity index (χ4v) is 1.71. The van der Waals surface area contributed by atoms with E-state index in [9.17, 15) is 0 Å². The van der Waals surface area contributed by atoms with Crippen LogP contribution in [0.4, 0.5) is 5.69 Å². The molecule has 0 aliphatic heterocycles. The maximum atomic E-state index is 5.76. The zero-order valence-electron chi connectivity index (χ0n) is 8.78. The van der Waals surface area contributed by atoms with Crippen molar-refractivity contribution in [1.29, 1.82) is 0 Å². The molecule has 0 amide bonds. The third-order valence-corrected chi connectivity index (χ3v) is 2.41. The van der Waals surface area contributed by atoms with Crippen LogP contribution in [0.15, 0.2) is 18.2 Å². The Bertz CT molecular complexity index is 469. The van der Waals surface area contributed by atoms with Gasteiger partial charge in [-0.05, 0) is 39.0 Å². The third kappa shape index (κ3) is 1.25. The summed E-state index contributed by atoms with van der Waals surface area (Å²) < 4.78 is 2.01. The molecule has 0 unspecified atom stereocenters. The van der Waals surface area contributed by atoms with E-state index < -0.39 is 0 Å². The Morgan fingerprint density at radius 3 is 2.71 bits per heavy atom. The van der Waals surface area contributed by atoms with E-state index in [1.54, 1.807) is 0 Å². The maximum absolute atomic E-state index is 5.76. The minimum Gasteiger partial charge on any atom is -0.399 e. The highest BCUT2D eigenvalue weighted by Crippen LogP contribution is 2.23. The lowest BCUT2D eigenvalue weighted by Gasteiger charge is -2.06. The lowest BCUT2D eigenvalue weighted by molar-refractivity contribution is 0.547. The summed E-state index contributed by atoms with van der Waals surface area (Å²) >= 11 is 0. The van der Waals surface area contributed by atoms with Gasteiger partial charge in [-0.25, -0.2) is 0 Å². The highest BCUT2D eigenvalue weighted by molar-refractivity contribution is 5.84. The Labute approximate surface area is 83.5 Å². The van der Waals surface area contributed by atoms with Crippen molar-refractivity contribution in [1.82, 2.24) is 9.78 Å². The first kappa shape index (κ1) is 9.06. The van der Waals surface area contributed by atoms with Crippen LogP contribution in [0.2, 0.25) is 0 Å². The summed E-state index contributed by atoms with van der Waals surface area (Å²) in [5, 5.41) is 5.68. The van der Waals surface area contributed by atoms with Crippen molar-refractivity contribution in [3.8, 4) is 0 Å². The van der Waals surface area contributed by atoms with Crippen molar-refractivity contribution in [2.45, 2.75) is 26.8 Å². The van der Waals surface area contributed by atoms with E-state index >= 15 is 0 Å². The van der Waals surface area contributed by atoms with Gasteiger partial charge in [0.15, 0.2) is 0 Å². The summed E-state index contributed by atoms with van der Waals surface area (Å²) in [6.07, 6.45) is 0. The molecular formula is C11H15N3. The largest absolute Gasteiger partial charge is 0.399 e. The van der Waals surface area contributed by atoms with Gasteiger partial charge in [-0.3, -0.25) is 4.68 Å². The van der Waals surface area contributed by atoms with Gasteiger partial charge in [0.1, 0.15) is 0 Å². The number of hydrogen-bond acceptors (Lipinski definition) is 2. The second kappa shape index (κ2) is 3.01.